The zero-order valence-electron chi connectivity index (χ0n) is 24.0. The summed E-state index contributed by atoms with van der Waals surface area (Å²) < 4.78 is 9.80. The first-order valence-corrected chi connectivity index (χ1v) is 15.5. The van der Waals surface area contributed by atoms with E-state index in [2.05, 4.69) is 15.6 Å². The number of hydrogen-bond acceptors (Lipinski definition) is 13. The molecule has 0 saturated carbocycles. The Bertz CT molecular complexity index is 1540. The van der Waals surface area contributed by atoms with E-state index in [1.165, 1.54) is 55.6 Å². The molecule has 17 nitrogen and oxygen atoms in total. The van der Waals surface area contributed by atoms with Crippen molar-refractivity contribution in [1.82, 2.24) is 25.4 Å². The van der Waals surface area contributed by atoms with E-state index in [1.807, 2.05) is 0 Å². The number of nitrogens with zero attached hydrogens (tertiary/aromatic N) is 3. The minimum atomic E-state index is -1.39. The Morgan fingerprint density at radius 2 is 1.17 bits per heavy atom. The van der Waals surface area contributed by atoms with Crippen LogP contribution in [0.15, 0.2) is 40.7 Å². The van der Waals surface area contributed by atoms with Crippen LogP contribution in [0.3, 0.4) is 0 Å². The zero-order valence-corrected chi connectivity index (χ0v) is 25.6. The molecular formula is C27H25N5O12S2. The number of thioether (sulfide) groups is 2. The number of nitrogens with one attached hydrogen (secondary N) is 2. The summed E-state index contributed by atoms with van der Waals surface area (Å²) in [5.74, 6) is -6.74. The van der Waals surface area contributed by atoms with Crippen molar-refractivity contribution < 1.29 is 58.0 Å². The van der Waals surface area contributed by atoms with E-state index in [0.29, 0.717) is 0 Å². The maximum Gasteiger partial charge on any atom is 0.352 e. The van der Waals surface area contributed by atoms with Crippen LogP contribution in [-0.4, -0.2) is 120 Å². The van der Waals surface area contributed by atoms with Crippen LogP contribution in [-0.2, 0) is 38.2 Å². The van der Waals surface area contributed by atoms with Crippen molar-refractivity contribution in [2.24, 2.45) is 0 Å². The second kappa shape index (κ2) is 12.8. The van der Waals surface area contributed by atoms with Crippen molar-refractivity contribution in [2.75, 3.05) is 24.7 Å². The molecule has 5 rings (SSSR count). The van der Waals surface area contributed by atoms with Crippen LogP contribution < -0.4 is 10.6 Å². The molecule has 4 atom stereocenters. The lowest BCUT2D eigenvalue weighted by Gasteiger charge is -2.49. The molecule has 2 fully saturated rings. The lowest BCUT2D eigenvalue weighted by atomic mass is 10.0. The van der Waals surface area contributed by atoms with Gasteiger partial charge in [0.1, 0.15) is 58.8 Å². The fraction of sp³-hybridized carbons (Fsp3) is 0.370. The topological polar surface area (TPSA) is 239 Å². The van der Waals surface area contributed by atoms with Crippen molar-refractivity contribution in [3.63, 3.8) is 0 Å². The fourth-order valence-corrected chi connectivity index (χ4v) is 7.74. The largest absolute Gasteiger partial charge is 0.477 e. The van der Waals surface area contributed by atoms with Crippen LogP contribution in [0.2, 0.25) is 0 Å². The number of amides is 4. The summed E-state index contributed by atoms with van der Waals surface area (Å²) in [5.41, 5.74) is -0.624. The molecule has 0 radical (unpaired) electrons. The number of fused-ring (bicyclic) bond motifs is 2. The monoisotopic (exact) mass is 675 g/mol. The van der Waals surface area contributed by atoms with Crippen LogP contribution in [0, 0.1) is 0 Å². The van der Waals surface area contributed by atoms with E-state index in [4.69, 9.17) is 9.47 Å². The molecule has 4 N–H and O–H groups in total. The highest BCUT2D eigenvalue weighted by Crippen LogP contribution is 2.41. The molecule has 0 aromatic carbocycles. The van der Waals surface area contributed by atoms with Gasteiger partial charge in [0.2, 0.25) is 0 Å². The summed E-state index contributed by atoms with van der Waals surface area (Å²) in [5, 5.41) is 22.9. The van der Waals surface area contributed by atoms with Gasteiger partial charge in [-0.15, -0.1) is 23.5 Å². The molecule has 4 aliphatic rings. The van der Waals surface area contributed by atoms with Crippen molar-refractivity contribution in [1.29, 1.82) is 0 Å². The van der Waals surface area contributed by atoms with Gasteiger partial charge < -0.3 is 30.3 Å². The molecule has 5 heterocycles. The van der Waals surface area contributed by atoms with E-state index in [1.54, 1.807) is 0 Å². The highest BCUT2D eigenvalue weighted by atomic mass is 32.2. The predicted molar refractivity (Wildman–Crippen MR) is 156 cm³/mol. The summed E-state index contributed by atoms with van der Waals surface area (Å²) in [6.45, 7) is 1.75. The van der Waals surface area contributed by atoms with E-state index >= 15 is 0 Å². The molecule has 242 valence electrons. The van der Waals surface area contributed by atoms with E-state index in [9.17, 15) is 48.6 Å². The number of ether oxygens (including phenoxy) is 2. The van der Waals surface area contributed by atoms with Gasteiger partial charge in [-0.05, 0) is 12.1 Å². The number of hydrogen-bond donors (Lipinski definition) is 4. The number of carbonyl (C=O) groups excluding carboxylic acids is 6. The quantitative estimate of drug-likeness (QED) is 0.170. The third-order valence-electron chi connectivity index (χ3n) is 7.19. The Balaban J connectivity index is 1.23. The molecule has 0 aliphatic carbocycles. The lowest BCUT2D eigenvalue weighted by molar-refractivity contribution is -0.149. The summed E-state index contributed by atoms with van der Waals surface area (Å²) >= 11 is 2.35. The molecule has 4 aliphatic heterocycles. The van der Waals surface area contributed by atoms with Crippen LogP contribution >= 0.6 is 23.5 Å². The van der Waals surface area contributed by atoms with Gasteiger partial charge in [0.05, 0.1) is 0 Å². The standard InChI is InChI=1S/C27H25N5O12S2/c1-10(33)43-6-12-8-45-24-16(22(37)31(24)18(12)26(39)40)29-20(35)14-4-3-5-15(28-14)21(36)30-17-23(38)32-19(27(41)42)13(7-44-11(2)34)9-46-25(17)32/h3-5,16-17,24-25H,6-9H2,1-2H3,(H,29,35)(H,30,36)(H,39,40)(H,41,42)/t16-,17-,24-,25-/m1/s1. The Morgan fingerprint density at radius 3 is 1.52 bits per heavy atom. The Hall–Kier alpha value is -4.91. The Kier molecular flexibility index (Phi) is 9.06. The molecule has 4 amide bonds. The predicted octanol–water partition coefficient (Wildman–Crippen LogP) is -1.09. The molecule has 46 heavy (non-hydrogen) atoms. The molecular weight excluding hydrogens is 650 g/mol. The van der Waals surface area contributed by atoms with Crippen molar-refractivity contribution >= 4 is 71.0 Å². The number of rotatable bonds is 10. The van der Waals surface area contributed by atoms with E-state index in [0.717, 1.165) is 9.80 Å². The molecule has 19 heteroatoms. The summed E-state index contributed by atoms with van der Waals surface area (Å²) in [6.07, 6.45) is 0. The Labute approximate surface area is 267 Å². The summed E-state index contributed by atoms with van der Waals surface area (Å²) in [4.78, 5) is 104. The number of aliphatic carboxylic acids is 2. The van der Waals surface area contributed by atoms with Gasteiger partial charge in [-0.3, -0.25) is 38.6 Å². The molecule has 1 aromatic heterocycles. The van der Waals surface area contributed by atoms with Crippen molar-refractivity contribution in [2.45, 2.75) is 36.7 Å². The maximum absolute atomic E-state index is 13.0. The number of carboxylic acids is 2. The zero-order chi connectivity index (χ0) is 33.4. The Morgan fingerprint density at radius 1 is 0.783 bits per heavy atom. The molecule has 1 aromatic rings. The summed E-state index contributed by atoms with van der Waals surface area (Å²) in [7, 11) is 0. The second-order valence-electron chi connectivity index (χ2n) is 10.2. The minimum absolute atomic E-state index is 0.136. The van der Waals surface area contributed by atoms with Crippen molar-refractivity contribution in [3.05, 3.63) is 52.1 Å². The van der Waals surface area contributed by atoms with E-state index < -0.39 is 70.3 Å². The first-order valence-electron chi connectivity index (χ1n) is 13.5. The van der Waals surface area contributed by atoms with Gasteiger partial charge in [-0.25, -0.2) is 14.6 Å². The molecule has 0 bridgehead atoms. The number of esters is 2. The summed E-state index contributed by atoms with van der Waals surface area (Å²) in [6, 6.07) is 1.77. The number of pyridine rings is 1. The average Bonchev–Trinajstić information content (AvgIpc) is 3.02. The number of aromatic nitrogens is 1. The van der Waals surface area contributed by atoms with E-state index in [-0.39, 0.29) is 58.6 Å². The molecule has 0 spiro atoms. The average molecular weight is 676 g/mol. The van der Waals surface area contributed by atoms with Crippen molar-refractivity contribution in [3.8, 4) is 0 Å². The van der Waals surface area contributed by atoms with Gasteiger partial charge in [-0.2, -0.15) is 0 Å². The van der Waals surface area contributed by atoms with Gasteiger partial charge in [0.15, 0.2) is 0 Å². The van der Waals surface area contributed by atoms with Gasteiger partial charge in [-0.1, -0.05) is 6.07 Å². The third kappa shape index (κ3) is 6.02. The molecule has 2 saturated heterocycles. The number of carbonyl (C=O) groups is 8. The third-order valence-corrected chi connectivity index (χ3v) is 9.87. The first-order chi connectivity index (χ1) is 21.8. The lowest BCUT2D eigenvalue weighted by Crippen LogP contribution is -2.70. The second-order valence-corrected chi connectivity index (χ2v) is 12.4. The molecule has 0 unspecified atom stereocenters. The number of β-lactam (4-membered cyclic amide) rings is 2. The highest BCUT2D eigenvalue weighted by molar-refractivity contribution is 8.00. The van der Waals surface area contributed by atoms with Crippen LogP contribution in [0.25, 0.3) is 0 Å². The van der Waals surface area contributed by atoms with Crippen LogP contribution in [0.4, 0.5) is 0 Å². The van der Waals surface area contributed by atoms with Gasteiger partial charge >= 0.3 is 23.9 Å². The SMILES string of the molecule is CC(=O)OCC1=C(C(=O)O)N2C(=O)[C@@H](NC(=O)c3cccc(C(=O)N[C@@H]4C(=O)N5C(C(=O)O)=C(COC(C)=O)CS[C@H]45)n3)[C@H]2SC1. The number of carboxylic acid groups (broad SMARTS) is 2. The van der Waals surface area contributed by atoms with Gasteiger partial charge in [0.25, 0.3) is 23.6 Å². The maximum atomic E-state index is 13.0. The van der Waals surface area contributed by atoms with Gasteiger partial charge in [0, 0.05) is 36.5 Å². The first kappa shape index (κ1) is 32.5. The van der Waals surface area contributed by atoms with Crippen LogP contribution in [0.5, 0.6) is 0 Å². The highest BCUT2D eigenvalue weighted by Gasteiger charge is 2.55. The van der Waals surface area contributed by atoms with Crippen LogP contribution in [0.1, 0.15) is 34.8 Å². The fourth-order valence-electron chi connectivity index (χ4n) is 5.08. The smallest absolute Gasteiger partial charge is 0.352 e. The normalized spacial score (nSPS) is 23.3. The minimum Gasteiger partial charge on any atom is -0.477 e.